The van der Waals surface area contributed by atoms with Crippen LogP contribution in [-0.4, -0.2) is 4.98 Å². The summed E-state index contributed by atoms with van der Waals surface area (Å²) in [7, 11) is 0. The normalized spacial score (nSPS) is 11.5. The van der Waals surface area contributed by atoms with Gasteiger partial charge >= 0.3 is 0 Å². The van der Waals surface area contributed by atoms with Crippen molar-refractivity contribution in [2.45, 2.75) is 0 Å². The van der Waals surface area contributed by atoms with Gasteiger partial charge in [-0.3, -0.25) is 4.98 Å². The smallest absolute Gasteiger partial charge is 0.0346 e. The molecule has 0 atom stereocenters. The molecule has 0 radical (unpaired) electrons. The first-order valence-electron chi connectivity index (χ1n) is 15.8. The standard InChI is InChI=1S/C45H29N/c1-2-6-30(7-3-1)31-15-19-35(20-16-31)42-28-43(41-26-24-38-9-4-8-37-23-25-40(42)45(41)44(37)38)36-21-17-33(18-22-36)32-11-13-34(14-12-32)39-10-5-27-46-29-39/h1-29H. The molecule has 1 heteroatoms. The number of hydrogen-bond donors (Lipinski definition) is 0. The molecule has 214 valence electrons. The predicted octanol–water partition coefficient (Wildman–Crippen LogP) is 12.3. The van der Waals surface area contributed by atoms with E-state index in [4.69, 9.17) is 0 Å². The fourth-order valence-electron chi connectivity index (χ4n) is 7.01. The molecule has 8 aromatic carbocycles. The number of aromatic nitrogens is 1. The zero-order valence-corrected chi connectivity index (χ0v) is 25.2. The largest absolute Gasteiger partial charge is 0.264 e. The van der Waals surface area contributed by atoms with E-state index in [1.54, 1.807) is 0 Å². The average molecular weight is 584 g/mol. The number of nitrogens with zero attached hydrogens (tertiary/aromatic N) is 1. The van der Waals surface area contributed by atoms with Gasteiger partial charge in [0, 0.05) is 12.4 Å². The van der Waals surface area contributed by atoms with Crippen LogP contribution in [0.1, 0.15) is 0 Å². The molecular formula is C45H29N. The molecule has 0 aliphatic carbocycles. The van der Waals surface area contributed by atoms with Gasteiger partial charge in [-0.2, -0.15) is 0 Å². The molecule has 0 unspecified atom stereocenters. The van der Waals surface area contributed by atoms with Crippen molar-refractivity contribution in [1.82, 2.24) is 4.98 Å². The average Bonchev–Trinajstić information content (AvgIpc) is 3.15. The van der Waals surface area contributed by atoms with Crippen molar-refractivity contribution >= 4 is 32.3 Å². The summed E-state index contributed by atoms with van der Waals surface area (Å²) >= 11 is 0. The molecule has 1 heterocycles. The Morgan fingerprint density at radius 2 is 0.761 bits per heavy atom. The fourth-order valence-corrected chi connectivity index (χ4v) is 7.01. The molecule has 46 heavy (non-hydrogen) atoms. The maximum Gasteiger partial charge on any atom is 0.0346 e. The zero-order valence-electron chi connectivity index (χ0n) is 25.2. The first-order chi connectivity index (χ1) is 22.8. The maximum atomic E-state index is 4.27. The second-order valence-electron chi connectivity index (χ2n) is 12.0. The lowest BCUT2D eigenvalue weighted by atomic mass is 9.85. The van der Waals surface area contributed by atoms with E-state index < -0.39 is 0 Å². The van der Waals surface area contributed by atoms with Gasteiger partial charge in [-0.15, -0.1) is 0 Å². The molecular weight excluding hydrogens is 555 g/mol. The third-order valence-electron chi connectivity index (χ3n) is 9.36. The van der Waals surface area contributed by atoms with Gasteiger partial charge in [0.05, 0.1) is 0 Å². The minimum Gasteiger partial charge on any atom is -0.264 e. The molecule has 0 N–H and O–H groups in total. The van der Waals surface area contributed by atoms with E-state index in [2.05, 4.69) is 163 Å². The van der Waals surface area contributed by atoms with Crippen LogP contribution in [0.3, 0.4) is 0 Å². The van der Waals surface area contributed by atoms with Crippen LogP contribution in [0.25, 0.3) is 88.0 Å². The zero-order chi connectivity index (χ0) is 30.5. The Morgan fingerprint density at radius 1 is 0.304 bits per heavy atom. The molecule has 0 saturated heterocycles. The first-order valence-corrected chi connectivity index (χ1v) is 15.8. The van der Waals surface area contributed by atoms with E-state index in [1.807, 2.05) is 18.5 Å². The molecule has 0 aliphatic rings. The highest BCUT2D eigenvalue weighted by Crippen LogP contribution is 2.44. The molecule has 0 fully saturated rings. The first kappa shape index (κ1) is 26.4. The molecule has 1 nitrogen and oxygen atoms in total. The number of pyridine rings is 1. The summed E-state index contributed by atoms with van der Waals surface area (Å²) < 4.78 is 0. The molecule has 9 aromatic rings. The molecule has 9 rings (SSSR count). The van der Waals surface area contributed by atoms with Crippen molar-refractivity contribution in [2.75, 3.05) is 0 Å². The predicted molar refractivity (Wildman–Crippen MR) is 195 cm³/mol. The van der Waals surface area contributed by atoms with Gasteiger partial charge in [0.1, 0.15) is 0 Å². The molecule has 0 saturated carbocycles. The van der Waals surface area contributed by atoms with Crippen molar-refractivity contribution in [1.29, 1.82) is 0 Å². The van der Waals surface area contributed by atoms with E-state index in [0.29, 0.717) is 0 Å². The van der Waals surface area contributed by atoms with Gasteiger partial charge in [-0.1, -0.05) is 152 Å². The van der Waals surface area contributed by atoms with Crippen LogP contribution in [-0.2, 0) is 0 Å². The van der Waals surface area contributed by atoms with Gasteiger partial charge in [0.15, 0.2) is 0 Å². The summed E-state index contributed by atoms with van der Waals surface area (Å²) in [6.45, 7) is 0. The van der Waals surface area contributed by atoms with Gasteiger partial charge in [0.25, 0.3) is 0 Å². The van der Waals surface area contributed by atoms with Crippen molar-refractivity contribution in [3.63, 3.8) is 0 Å². The van der Waals surface area contributed by atoms with Crippen LogP contribution in [0, 0.1) is 0 Å². The molecule has 0 aliphatic heterocycles. The Balaban J connectivity index is 1.18. The lowest BCUT2D eigenvalue weighted by Crippen LogP contribution is -1.91. The minimum atomic E-state index is 1.13. The van der Waals surface area contributed by atoms with Crippen LogP contribution >= 0.6 is 0 Å². The van der Waals surface area contributed by atoms with E-state index in [-0.39, 0.29) is 0 Å². The topological polar surface area (TPSA) is 12.9 Å². The summed E-state index contributed by atoms with van der Waals surface area (Å²) in [5.41, 5.74) is 12.1. The summed E-state index contributed by atoms with van der Waals surface area (Å²) in [4.78, 5) is 4.27. The lowest BCUT2D eigenvalue weighted by molar-refractivity contribution is 1.33. The van der Waals surface area contributed by atoms with E-state index in [9.17, 15) is 0 Å². The third-order valence-corrected chi connectivity index (χ3v) is 9.36. The monoisotopic (exact) mass is 583 g/mol. The second kappa shape index (κ2) is 10.8. The number of hydrogen-bond acceptors (Lipinski definition) is 1. The van der Waals surface area contributed by atoms with Crippen molar-refractivity contribution in [3.05, 3.63) is 176 Å². The second-order valence-corrected chi connectivity index (χ2v) is 12.0. The van der Waals surface area contributed by atoms with Gasteiger partial charge < -0.3 is 0 Å². The SMILES string of the molecule is c1ccc(-c2ccc(-c3cc(-c4ccc(-c5ccc(-c6cccnc6)cc5)cc4)c4ccc5cccc6ccc3c4c65)cc2)cc1. The Morgan fingerprint density at radius 3 is 1.26 bits per heavy atom. The minimum absolute atomic E-state index is 1.13. The summed E-state index contributed by atoms with van der Waals surface area (Å²) in [5, 5.41) is 7.82. The van der Waals surface area contributed by atoms with Crippen LogP contribution < -0.4 is 0 Å². The van der Waals surface area contributed by atoms with Gasteiger partial charge in [0.2, 0.25) is 0 Å². The van der Waals surface area contributed by atoms with Crippen molar-refractivity contribution < 1.29 is 0 Å². The summed E-state index contributed by atoms with van der Waals surface area (Å²) in [5.74, 6) is 0. The van der Waals surface area contributed by atoms with Crippen LogP contribution in [0.4, 0.5) is 0 Å². The highest BCUT2D eigenvalue weighted by Gasteiger charge is 2.17. The maximum absolute atomic E-state index is 4.27. The summed E-state index contributed by atoms with van der Waals surface area (Å²) in [6.07, 6.45) is 3.72. The number of rotatable bonds is 5. The number of benzene rings is 8. The van der Waals surface area contributed by atoms with Crippen molar-refractivity contribution in [2.24, 2.45) is 0 Å². The Bertz CT molecular complexity index is 2440. The highest BCUT2D eigenvalue weighted by atomic mass is 14.6. The molecule has 0 amide bonds. The molecule has 1 aromatic heterocycles. The van der Waals surface area contributed by atoms with Crippen LogP contribution in [0.5, 0.6) is 0 Å². The summed E-state index contributed by atoms with van der Waals surface area (Å²) in [6, 6.07) is 59.7. The van der Waals surface area contributed by atoms with Gasteiger partial charge in [-0.25, -0.2) is 0 Å². The Labute approximate surface area is 268 Å². The van der Waals surface area contributed by atoms with Gasteiger partial charge in [-0.05, 0) is 100 Å². The van der Waals surface area contributed by atoms with Crippen LogP contribution in [0.2, 0.25) is 0 Å². The highest BCUT2D eigenvalue weighted by molar-refractivity contribution is 6.28. The Kier molecular flexibility index (Phi) is 6.21. The molecule has 0 bridgehead atoms. The third kappa shape index (κ3) is 4.45. The van der Waals surface area contributed by atoms with E-state index >= 15 is 0 Å². The van der Waals surface area contributed by atoms with E-state index in [0.717, 1.165) is 5.56 Å². The quantitative estimate of drug-likeness (QED) is 0.184. The fraction of sp³-hybridized carbons (Fsp3) is 0. The molecule has 0 spiro atoms. The van der Waals surface area contributed by atoms with E-state index in [1.165, 1.54) is 82.4 Å². The Hall–Kier alpha value is -6.05. The van der Waals surface area contributed by atoms with Crippen LogP contribution in [0.15, 0.2) is 176 Å². The van der Waals surface area contributed by atoms with Crippen molar-refractivity contribution in [3.8, 4) is 55.6 Å². The lowest BCUT2D eigenvalue weighted by Gasteiger charge is -2.18.